The van der Waals surface area contributed by atoms with Gasteiger partial charge in [-0.2, -0.15) is 0 Å². The maximum atomic E-state index is 12.8. The minimum Gasteiger partial charge on any atom is -0.441 e. The number of aryl methyl sites for hydroxylation is 2. The van der Waals surface area contributed by atoms with Crippen LogP contribution >= 0.6 is 0 Å². The van der Waals surface area contributed by atoms with Crippen LogP contribution in [0, 0.1) is 13.8 Å². The van der Waals surface area contributed by atoms with E-state index in [0.29, 0.717) is 28.7 Å². The van der Waals surface area contributed by atoms with Gasteiger partial charge < -0.3 is 9.32 Å². The fourth-order valence-electron chi connectivity index (χ4n) is 3.46. The van der Waals surface area contributed by atoms with E-state index in [9.17, 15) is 4.79 Å². The Bertz CT molecular complexity index is 1220. The second-order valence-corrected chi connectivity index (χ2v) is 7.23. The molecule has 4 rings (SSSR count). The number of nitrogens with zero attached hydrogens (tertiary/aromatic N) is 5. The number of aliphatic imine (C=N–C) groups is 1. The summed E-state index contributed by atoms with van der Waals surface area (Å²) in [4.78, 5) is 28.1. The number of benzene rings is 1. The lowest BCUT2D eigenvalue weighted by molar-refractivity contribution is 0.360. The first kappa shape index (κ1) is 19.0. The lowest BCUT2D eigenvalue weighted by Crippen LogP contribution is -2.25. The van der Waals surface area contributed by atoms with Crippen LogP contribution in [-0.2, 0) is 0 Å². The zero-order valence-electron chi connectivity index (χ0n) is 16.8. The average Bonchev–Trinajstić information content (AvgIpc) is 3.07. The molecule has 0 saturated carbocycles. The summed E-state index contributed by atoms with van der Waals surface area (Å²) in [6.07, 6.45) is 4.72. The molecule has 7 heteroatoms. The first-order chi connectivity index (χ1) is 13.9. The van der Waals surface area contributed by atoms with Crippen molar-refractivity contribution in [2.45, 2.75) is 20.3 Å². The van der Waals surface area contributed by atoms with Gasteiger partial charge >= 0.3 is 0 Å². The third-order valence-corrected chi connectivity index (χ3v) is 5.08. The van der Waals surface area contributed by atoms with Crippen LogP contribution in [0.2, 0.25) is 0 Å². The molecule has 29 heavy (non-hydrogen) atoms. The summed E-state index contributed by atoms with van der Waals surface area (Å²) in [5.41, 5.74) is 4.50. The van der Waals surface area contributed by atoms with Gasteiger partial charge in [-0.25, -0.2) is 9.97 Å². The molecule has 0 N–H and O–H groups in total. The zero-order chi connectivity index (χ0) is 20.5. The van der Waals surface area contributed by atoms with Gasteiger partial charge in [-0.1, -0.05) is 12.1 Å². The molecule has 0 atom stereocenters. The van der Waals surface area contributed by atoms with Crippen molar-refractivity contribution in [2.24, 2.45) is 4.99 Å². The molecule has 0 amide bonds. The first-order valence-corrected chi connectivity index (χ1v) is 9.49. The van der Waals surface area contributed by atoms with Crippen LogP contribution in [0.5, 0.6) is 0 Å². The molecule has 7 nitrogen and oxygen atoms in total. The van der Waals surface area contributed by atoms with Gasteiger partial charge in [-0.05, 0) is 44.8 Å². The van der Waals surface area contributed by atoms with Gasteiger partial charge in [0.25, 0.3) is 5.56 Å². The Labute approximate surface area is 168 Å². The van der Waals surface area contributed by atoms with Gasteiger partial charge in [0.2, 0.25) is 0 Å². The molecule has 1 aromatic carbocycles. The Kier molecular flexibility index (Phi) is 4.98. The third kappa shape index (κ3) is 3.82. The van der Waals surface area contributed by atoms with E-state index in [4.69, 9.17) is 4.42 Å². The van der Waals surface area contributed by atoms with E-state index in [2.05, 4.69) is 39.7 Å². The highest BCUT2D eigenvalue weighted by molar-refractivity contribution is 5.79. The maximum absolute atomic E-state index is 12.8. The molecule has 0 unspecified atom stereocenters. The number of likely N-dealkylation sites (N-methyl/N-ethyl adjacent to an activating group) is 1. The standard InChI is InChI=1S/C22H23N5O2/c1-14-24-19(17-5-6-18-21(11-17)29-15(2)25-18)12-22(28)27(14)13-20(23-3)16-7-9-26(4)10-8-16/h5-7,11-13H,3,8-10H2,1-2,4H3/b20-13-. The van der Waals surface area contributed by atoms with Crippen molar-refractivity contribution in [3.63, 3.8) is 0 Å². The van der Waals surface area contributed by atoms with E-state index in [1.165, 1.54) is 10.6 Å². The van der Waals surface area contributed by atoms with Crippen LogP contribution < -0.4 is 5.56 Å². The van der Waals surface area contributed by atoms with E-state index in [0.717, 1.165) is 36.2 Å². The fraction of sp³-hybridized carbons (Fsp3) is 0.273. The molecule has 148 valence electrons. The molecule has 0 radical (unpaired) electrons. The lowest BCUT2D eigenvalue weighted by atomic mass is 10.1. The van der Waals surface area contributed by atoms with Crippen molar-refractivity contribution in [3.8, 4) is 11.3 Å². The fourth-order valence-corrected chi connectivity index (χ4v) is 3.46. The summed E-state index contributed by atoms with van der Waals surface area (Å²) in [6.45, 7) is 9.11. The molecule has 2 aromatic heterocycles. The monoisotopic (exact) mass is 389 g/mol. The summed E-state index contributed by atoms with van der Waals surface area (Å²) in [5, 5.41) is 0. The van der Waals surface area contributed by atoms with E-state index in [1.807, 2.05) is 25.1 Å². The van der Waals surface area contributed by atoms with Crippen LogP contribution in [0.15, 0.2) is 55.8 Å². The van der Waals surface area contributed by atoms with Crippen LogP contribution in [0.4, 0.5) is 0 Å². The van der Waals surface area contributed by atoms with Crippen molar-refractivity contribution >= 4 is 24.0 Å². The Balaban J connectivity index is 1.73. The minimum absolute atomic E-state index is 0.170. The van der Waals surface area contributed by atoms with E-state index >= 15 is 0 Å². The molecule has 0 fully saturated rings. The second kappa shape index (κ2) is 7.60. The number of aromatic nitrogens is 3. The zero-order valence-corrected chi connectivity index (χ0v) is 16.8. The molecule has 3 aromatic rings. The first-order valence-electron chi connectivity index (χ1n) is 9.49. The highest BCUT2D eigenvalue weighted by Crippen LogP contribution is 2.24. The molecule has 0 aliphatic carbocycles. The van der Waals surface area contributed by atoms with Gasteiger partial charge in [-0.3, -0.25) is 14.4 Å². The van der Waals surface area contributed by atoms with Gasteiger partial charge in [-0.15, -0.1) is 0 Å². The molecule has 3 heterocycles. The SMILES string of the molecule is C=N/C(=C\n1c(C)nc(-c2ccc3nc(C)oc3c2)cc1=O)C1=CCN(C)CC1. The second-order valence-electron chi connectivity index (χ2n) is 7.23. The van der Waals surface area contributed by atoms with Gasteiger partial charge in [0.15, 0.2) is 11.5 Å². The summed E-state index contributed by atoms with van der Waals surface area (Å²) < 4.78 is 7.11. The summed E-state index contributed by atoms with van der Waals surface area (Å²) in [5.74, 6) is 1.19. The van der Waals surface area contributed by atoms with E-state index in [-0.39, 0.29) is 5.56 Å². The van der Waals surface area contributed by atoms with E-state index < -0.39 is 0 Å². The number of hydrogen-bond acceptors (Lipinski definition) is 6. The average molecular weight is 389 g/mol. The van der Waals surface area contributed by atoms with Crippen molar-refractivity contribution in [2.75, 3.05) is 20.1 Å². The molecule has 1 aliphatic heterocycles. The highest BCUT2D eigenvalue weighted by Gasteiger charge is 2.13. The molecule has 0 bridgehead atoms. The topological polar surface area (TPSA) is 76.5 Å². The minimum atomic E-state index is -0.170. The highest BCUT2D eigenvalue weighted by atomic mass is 16.3. The van der Waals surface area contributed by atoms with Crippen molar-refractivity contribution in [3.05, 3.63) is 63.7 Å². The molecule has 1 aliphatic rings. The van der Waals surface area contributed by atoms with Crippen LogP contribution in [-0.4, -0.2) is 46.3 Å². The lowest BCUT2D eigenvalue weighted by Gasteiger charge is -2.22. The van der Waals surface area contributed by atoms with Crippen LogP contribution in [0.1, 0.15) is 18.1 Å². The van der Waals surface area contributed by atoms with Crippen molar-refractivity contribution in [1.82, 2.24) is 19.4 Å². The number of hydrogen-bond donors (Lipinski definition) is 0. The number of oxazole rings is 1. The van der Waals surface area contributed by atoms with Gasteiger partial charge in [0.05, 0.1) is 11.4 Å². The summed E-state index contributed by atoms with van der Waals surface area (Å²) in [7, 11) is 2.08. The normalized spacial score (nSPS) is 15.6. The third-order valence-electron chi connectivity index (χ3n) is 5.08. The van der Waals surface area contributed by atoms with Crippen molar-refractivity contribution in [1.29, 1.82) is 0 Å². The molecule has 0 saturated heterocycles. The molecular weight excluding hydrogens is 366 g/mol. The Morgan fingerprint density at radius 2 is 2.10 bits per heavy atom. The predicted octanol–water partition coefficient (Wildman–Crippen LogP) is 3.43. The van der Waals surface area contributed by atoms with Crippen LogP contribution in [0.3, 0.4) is 0 Å². The maximum Gasteiger partial charge on any atom is 0.258 e. The Hall–Kier alpha value is -3.32. The summed E-state index contributed by atoms with van der Waals surface area (Å²) in [6, 6.07) is 7.15. The molecular formula is C22H23N5O2. The molecule has 0 spiro atoms. The number of rotatable bonds is 4. The summed E-state index contributed by atoms with van der Waals surface area (Å²) >= 11 is 0. The van der Waals surface area contributed by atoms with Crippen LogP contribution in [0.25, 0.3) is 28.6 Å². The Morgan fingerprint density at radius 3 is 2.79 bits per heavy atom. The van der Waals surface area contributed by atoms with Crippen molar-refractivity contribution < 1.29 is 4.42 Å². The smallest absolute Gasteiger partial charge is 0.258 e. The largest absolute Gasteiger partial charge is 0.441 e. The quantitative estimate of drug-likeness (QED) is 0.639. The van der Waals surface area contributed by atoms with E-state index in [1.54, 1.807) is 13.1 Å². The van der Waals surface area contributed by atoms with Gasteiger partial charge in [0.1, 0.15) is 11.3 Å². The number of allylic oxidation sites excluding steroid dienone is 1. The van der Waals surface area contributed by atoms with Gasteiger partial charge in [0, 0.05) is 37.8 Å². The number of fused-ring (bicyclic) bond motifs is 1. The Morgan fingerprint density at radius 1 is 1.28 bits per heavy atom. The predicted molar refractivity (Wildman–Crippen MR) is 115 cm³/mol.